The summed E-state index contributed by atoms with van der Waals surface area (Å²) >= 11 is 5.89. The number of hydrogen-bond donors (Lipinski definition) is 0. The van der Waals surface area contributed by atoms with Gasteiger partial charge >= 0.3 is 0 Å². The molecule has 1 aromatic heterocycles. The lowest BCUT2D eigenvalue weighted by atomic mass is 10.3. The highest BCUT2D eigenvalue weighted by Crippen LogP contribution is 2.10. The van der Waals surface area contributed by atoms with Crippen molar-refractivity contribution in [1.29, 1.82) is 0 Å². The molecule has 1 heterocycles. The van der Waals surface area contributed by atoms with E-state index >= 15 is 0 Å². The fourth-order valence-electron chi connectivity index (χ4n) is 1.32. The maximum Gasteiger partial charge on any atom is 0.0615 e. The Bertz CT molecular complexity index is 306. The van der Waals surface area contributed by atoms with Gasteiger partial charge in [0.1, 0.15) is 0 Å². The maximum atomic E-state index is 5.89. The molecule has 0 spiro atoms. The molecule has 0 bridgehead atoms. The van der Waals surface area contributed by atoms with Gasteiger partial charge < -0.3 is 4.74 Å². The molecule has 0 saturated carbocycles. The van der Waals surface area contributed by atoms with Crippen molar-refractivity contribution in [1.82, 2.24) is 9.88 Å². The Morgan fingerprint density at radius 1 is 1.60 bits per heavy atom. The van der Waals surface area contributed by atoms with Crippen LogP contribution in [-0.2, 0) is 11.3 Å². The van der Waals surface area contributed by atoms with Crippen LogP contribution >= 0.6 is 11.6 Å². The molecule has 0 saturated heterocycles. The number of pyridine rings is 1. The molecular weight excluding hydrogens is 212 g/mol. The zero-order chi connectivity index (χ0) is 11.3. The third kappa shape index (κ3) is 4.16. The van der Waals surface area contributed by atoms with Gasteiger partial charge in [0, 0.05) is 30.9 Å². The number of aromatic nitrogens is 1. The average molecular weight is 229 g/mol. The summed E-state index contributed by atoms with van der Waals surface area (Å²) < 4.78 is 5.10. The summed E-state index contributed by atoms with van der Waals surface area (Å²) in [7, 11) is 3.76. The van der Waals surface area contributed by atoms with Crippen LogP contribution in [0.4, 0.5) is 0 Å². The first-order valence-electron chi connectivity index (χ1n) is 4.93. The molecule has 4 heteroatoms. The molecule has 1 unspecified atom stereocenters. The van der Waals surface area contributed by atoms with E-state index in [-0.39, 0.29) is 0 Å². The smallest absolute Gasteiger partial charge is 0.0615 e. The molecule has 0 aromatic carbocycles. The van der Waals surface area contributed by atoms with Crippen molar-refractivity contribution in [2.45, 2.75) is 19.5 Å². The summed E-state index contributed by atoms with van der Waals surface area (Å²) in [6.45, 7) is 3.62. The maximum absolute atomic E-state index is 5.89. The number of hydrogen-bond acceptors (Lipinski definition) is 3. The Morgan fingerprint density at radius 3 is 2.93 bits per heavy atom. The van der Waals surface area contributed by atoms with Crippen molar-refractivity contribution >= 4 is 11.6 Å². The third-order valence-corrected chi connectivity index (χ3v) is 2.59. The Morgan fingerprint density at radius 2 is 2.33 bits per heavy atom. The molecule has 0 aliphatic carbocycles. The Hall–Kier alpha value is -0.640. The Kier molecular flexibility index (Phi) is 5.02. The van der Waals surface area contributed by atoms with E-state index in [1.807, 2.05) is 13.1 Å². The van der Waals surface area contributed by atoms with E-state index in [1.54, 1.807) is 19.4 Å². The van der Waals surface area contributed by atoms with Crippen LogP contribution < -0.4 is 0 Å². The van der Waals surface area contributed by atoms with Crippen LogP contribution in [0.15, 0.2) is 18.3 Å². The lowest BCUT2D eigenvalue weighted by molar-refractivity contribution is 0.111. The van der Waals surface area contributed by atoms with Crippen molar-refractivity contribution in [3.05, 3.63) is 29.0 Å². The number of likely N-dealkylation sites (N-methyl/N-ethyl adjacent to an activating group) is 1. The van der Waals surface area contributed by atoms with Gasteiger partial charge in [-0.1, -0.05) is 11.6 Å². The first-order chi connectivity index (χ1) is 7.13. The van der Waals surface area contributed by atoms with Crippen LogP contribution in [0.1, 0.15) is 12.6 Å². The summed E-state index contributed by atoms with van der Waals surface area (Å²) in [6, 6.07) is 4.04. The summed E-state index contributed by atoms with van der Waals surface area (Å²) in [5.41, 5.74) is 0.980. The number of nitrogens with zero attached hydrogens (tertiary/aromatic N) is 2. The van der Waals surface area contributed by atoms with E-state index in [0.29, 0.717) is 6.04 Å². The minimum Gasteiger partial charge on any atom is -0.383 e. The molecular formula is C11H17ClN2O. The van der Waals surface area contributed by atoms with Gasteiger partial charge in [0.15, 0.2) is 0 Å². The molecule has 1 aromatic rings. The summed E-state index contributed by atoms with van der Waals surface area (Å²) in [5.74, 6) is 0. The van der Waals surface area contributed by atoms with Gasteiger partial charge in [0.25, 0.3) is 0 Å². The summed E-state index contributed by atoms with van der Waals surface area (Å²) in [5, 5.41) is 0.729. The standard InChI is InChI=1S/C11H17ClN2O/c1-9(8-15-3)14(2)7-11-6-10(12)4-5-13-11/h4-6,9H,7-8H2,1-3H3. The number of halogens is 1. The van der Waals surface area contributed by atoms with Crippen LogP contribution in [0.25, 0.3) is 0 Å². The zero-order valence-electron chi connectivity index (χ0n) is 9.40. The number of ether oxygens (including phenoxy) is 1. The first-order valence-corrected chi connectivity index (χ1v) is 5.31. The van der Waals surface area contributed by atoms with E-state index in [0.717, 1.165) is 23.9 Å². The van der Waals surface area contributed by atoms with E-state index < -0.39 is 0 Å². The lowest BCUT2D eigenvalue weighted by Crippen LogP contribution is -2.32. The van der Waals surface area contributed by atoms with Crippen molar-refractivity contribution in [3.8, 4) is 0 Å². The van der Waals surface area contributed by atoms with Crippen molar-refractivity contribution in [2.24, 2.45) is 0 Å². The second-order valence-corrected chi connectivity index (χ2v) is 4.12. The van der Waals surface area contributed by atoms with Crippen molar-refractivity contribution < 1.29 is 4.74 Å². The van der Waals surface area contributed by atoms with Gasteiger partial charge in [0.2, 0.25) is 0 Å². The molecule has 0 aliphatic rings. The number of methoxy groups -OCH3 is 1. The molecule has 1 rings (SSSR count). The van der Waals surface area contributed by atoms with E-state index in [4.69, 9.17) is 16.3 Å². The summed E-state index contributed by atoms with van der Waals surface area (Å²) in [6.07, 6.45) is 1.73. The van der Waals surface area contributed by atoms with Crippen LogP contribution in [0, 0.1) is 0 Å². The largest absolute Gasteiger partial charge is 0.383 e. The quantitative estimate of drug-likeness (QED) is 0.773. The van der Waals surface area contributed by atoms with Gasteiger partial charge in [-0.15, -0.1) is 0 Å². The highest BCUT2D eigenvalue weighted by molar-refractivity contribution is 6.30. The molecule has 0 fully saturated rings. The zero-order valence-corrected chi connectivity index (χ0v) is 10.2. The molecule has 0 aliphatic heterocycles. The van der Waals surface area contributed by atoms with Crippen molar-refractivity contribution in [2.75, 3.05) is 20.8 Å². The molecule has 3 nitrogen and oxygen atoms in total. The normalized spacial score (nSPS) is 13.1. The molecule has 0 amide bonds. The van der Waals surface area contributed by atoms with E-state index in [9.17, 15) is 0 Å². The molecule has 15 heavy (non-hydrogen) atoms. The second kappa shape index (κ2) is 6.05. The molecule has 84 valence electrons. The second-order valence-electron chi connectivity index (χ2n) is 3.68. The van der Waals surface area contributed by atoms with Gasteiger partial charge in [-0.2, -0.15) is 0 Å². The highest BCUT2D eigenvalue weighted by Gasteiger charge is 2.09. The first kappa shape index (κ1) is 12.4. The highest BCUT2D eigenvalue weighted by atomic mass is 35.5. The Balaban J connectivity index is 2.54. The predicted octanol–water partition coefficient (Wildman–Crippen LogP) is 2.20. The monoisotopic (exact) mass is 228 g/mol. The van der Waals surface area contributed by atoms with Gasteiger partial charge in [-0.25, -0.2) is 0 Å². The van der Waals surface area contributed by atoms with E-state index in [1.165, 1.54) is 0 Å². The molecule has 1 atom stereocenters. The number of rotatable bonds is 5. The Labute approximate surface area is 96.0 Å². The molecule has 0 radical (unpaired) electrons. The fourth-order valence-corrected chi connectivity index (χ4v) is 1.50. The fraction of sp³-hybridized carbons (Fsp3) is 0.545. The minimum absolute atomic E-state index is 0.371. The summed E-state index contributed by atoms with van der Waals surface area (Å²) in [4.78, 5) is 6.44. The van der Waals surface area contributed by atoms with Crippen LogP contribution in [0.5, 0.6) is 0 Å². The molecule has 0 N–H and O–H groups in total. The third-order valence-electron chi connectivity index (χ3n) is 2.35. The topological polar surface area (TPSA) is 25.4 Å². The van der Waals surface area contributed by atoms with Crippen LogP contribution in [-0.4, -0.2) is 36.7 Å². The van der Waals surface area contributed by atoms with Crippen LogP contribution in [0.3, 0.4) is 0 Å². The van der Waals surface area contributed by atoms with Gasteiger partial charge in [0.05, 0.1) is 12.3 Å². The van der Waals surface area contributed by atoms with E-state index in [2.05, 4.69) is 16.8 Å². The van der Waals surface area contributed by atoms with Gasteiger partial charge in [-0.3, -0.25) is 9.88 Å². The average Bonchev–Trinajstić information content (AvgIpc) is 2.18. The van der Waals surface area contributed by atoms with Gasteiger partial charge in [-0.05, 0) is 26.1 Å². The van der Waals surface area contributed by atoms with Crippen LogP contribution in [0.2, 0.25) is 5.02 Å². The SMILES string of the molecule is COCC(C)N(C)Cc1cc(Cl)ccn1. The predicted molar refractivity (Wildman–Crippen MR) is 62.1 cm³/mol. The minimum atomic E-state index is 0.371. The van der Waals surface area contributed by atoms with Crippen molar-refractivity contribution in [3.63, 3.8) is 0 Å². The lowest BCUT2D eigenvalue weighted by Gasteiger charge is -2.23.